The number of rotatable bonds is 5. The molecule has 144 valence electrons. The molecule has 0 N–H and O–H groups in total. The number of aromatic nitrogens is 1. The summed E-state index contributed by atoms with van der Waals surface area (Å²) in [5.74, 6) is -0.0973. The molecule has 0 atom stereocenters. The summed E-state index contributed by atoms with van der Waals surface area (Å²) in [6, 6.07) is 8.06. The Morgan fingerprint density at radius 3 is 2.63 bits per heavy atom. The van der Waals surface area contributed by atoms with Gasteiger partial charge in [-0.15, -0.1) is 0 Å². The van der Waals surface area contributed by atoms with Crippen LogP contribution in [-0.4, -0.2) is 41.6 Å². The molecule has 27 heavy (non-hydrogen) atoms. The van der Waals surface area contributed by atoms with Crippen LogP contribution in [0.2, 0.25) is 10.0 Å². The van der Waals surface area contributed by atoms with Gasteiger partial charge in [-0.2, -0.15) is 13.2 Å². The largest absolute Gasteiger partial charge is 0.482 e. The second-order valence-electron chi connectivity index (χ2n) is 5.76. The summed E-state index contributed by atoms with van der Waals surface area (Å²) in [6.45, 7) is 0.235. The molecule has 0 bridgehead atoms. The lowest BCUT2D eigenvalue weighted by atomic mass is 10.1. The molecule has 5 nitrogen and oxygen atoms in total. The molecule has 2 heterocycles. The minimum atomic E-state index is -4.54. The SMILES string of the molecule is O=C(COc1ccc(Cl)cc1Cl)N1CC(Oc2cccc(C(F)(F)F)n2)C1. The summed E-state index contributed by atoms with van der Waals surface area (Å²) >= 11 is 11.7. The molecular formula is C17H13Cl2F3N2O3. The number of amides is 1. The van der Waals surface area contributed by atoms with Crippen LogP contribution in [0.4, 0.5) is 13.2 Å². The zero-order valence-electron chi connectivity index (χ0n) is 13.7. The van der Waals surface area contributed by atoms with Crippen LogP contribution in [0.3, 0.4) is 0 Å². The zero-order chi connectivity index (χ0) is 19.6. The molecule has 1 aromatic heterocycles. The maximum absolute atomic E-state index is 12.6. The Kier molecular flexibility index (Phi) is 5.67. The lowest BCUT2D eigenvalue weighted by Crippen LogP contribution is -2.57. The highest BCUT2D eigenvalue weighted by molar-refractivity contribution is 6.35. The van der Waals surface area contributed by atoms with Gasteiger partial charge in [-0.1, -0.05) is 29.3 Å². The van der Waals surface area contributed by atoms with Crippen molar-refractivity contribution in [1.29, 1.82) is 0 Å². The first-order chi connectivity index (χ1) is 12.7. The summed E-state index contributed by atoms with van der Waals surface area (Å²) in [4.78, 5) is 17.0. The smallest absolute Gasteiger partial charge is 0.433 e. The molecule has 1 saturated heterocycles. The van der Waals surface area contributed by atoms with Gasteiger partial charge < -0.3 is 14.4 Å². The van der Waals surface area contributed by atoms with Crippen molar-refractivity contribution in [3.8, 4) is 11.6 Å². The maximum atomic E-state index is 12.6. The number of hydrogen-bond donors (Lipinski definition) is 0. The van der Waals surface area contributed by atoms with Gasteiger partial charge in [0.05, 0.1) is 18.1 Å². The zero-order valence-corrected chi connectivity index (χ0v) is 15.2. The fourth-order valence-electron chi connectivity index (χ4n) is 2.35. The van der Waals surface area contributed by atoms with Crippen molar-refractivity contribution < 1.29 is 27.4 Å². The standard InChI is InChI=1S/C17H13Cl2F3N2O3/c18-10-4-5-13(12(19)6-10)26-9-16(25)24-7-11(8-24)27-15-3-1-2-14(23-15)17(20,21)22/h1-6,11H,7-9H2. The number of carbonyl (C=O) groups is 1. The average molecular weight is 421 g/mol. The van der Waals surface area contributed by atoms with Gasteiger partial charge in [0.1, 0.15) is 17.5 Å². The van der Waals surface area contributed by atoms with Crippen LogP contribution in [0.1, 0.15) is 5.69 Å². The molecule has 1 amide bonds. The molecule has 3 rings (SSSR count). The van der Waals surface area contributed by atoms with E-state index in [4.69, 9.17) is 32.7 Å². The van der Waals surface area contributed by atoms with E-state index in [1.807, 2.05) is 0 Å². The van der Waals surface area contributed by atoms with Crippen LogP contribution in [0, 0.1) is 0 Å². The number of ether oxygens (including phenoxy) is 2. The number of likely N-dealkylation sites (tertiary alicyclic amines) is 1. The van der Waals surface area contributed by atoms with Crippen molar-refractivity contribution in [2.24, 2.45) is 0 Å². The Balaban J connectivity index is 1.47. The monoisotopic (exact) mass is 420 g/mol. The van der Waals surface area contributed by atoms with Gasteiger partial charge in [-0.3, -0.25) is 4.79 Å². The number of carbonyl (C=O) groups excluding carboxylic acids is 1. The van der Waals surface area contributed by atoms with Crippen LogP contribution in [-0.2, 0) is 11.0 Å². The molecule has 2 aromatic rings. The summed E-state index contributed by atoms with van der Waals surface area (Å²) < 4.78 is 48.7. The van der Waals surface area contributed by atoms with Gasteiger partial charge >= 0.3 is 6.18 Å². The first-order valence-corrected chi connectivity index (χ1v) is 8.54. The van der Waals surface area contributed by atoms with Crippen LogP contribution in [0.5, 0.6) is 11.6 Å². The Bertz CT molecular complexity index is 842. The molecule has 1 fully saturated rings. The van der Waals surface area contributed by atoms with Crippen LogP contribution in [0.25, 0.3) is 0 Å². The van der Waals surface area contributed by atoms with E-state index in [0.717, 1.165) is 6.07 Å². The van der Waals surface area contributed by atoms with Gasteiger partial charge in [0.15, 0.2) is 6.61 Å². The third-order valence-corrected chi connectivity index (χ3v) is 4.28. The number of nitrogens with zero attached hydrogens (tertiary/aromatic N) is 2. The van der Waals surface area contributed by atoms with Crippen molar-refractivity contribution in [1.82, 2.24) is 9.88 Å². The van der Waals surface area contributed by atoms with E-state index >= 15 is 0 Å². The van der Waals surface area contributed by atoms with Crippen LogP contribution >= 0.6 is 23.2 Å². The van der Waals surface area contributed by atoms with Crippen molar-refractivity contribution in [3.63, 3.8) is 0 Å². The Morgan fingerprint density at radius 1 is 1.22 bits per heavy atom. The summed E-state index contributed by atoms with van der Waals surface area (Å²) in [6.07, 6.45) is -4.97. The molecule has 0 radical (unpaired) electrons. The molecular weight excluding hydrogens is 408 g/mol. The van der Waals surface area contributed by atoms with E-state index in [9.17, 15) is 18.0 Å². The second kappa shape index (κ2) is 7.82. The summed E-state index contributed by atoms with van der Waals surface area (Å²) in [7, 11) is 0. The highest BCUT2D eigenvalue weighted by Crippen LogP contribution is 2.29. The maximum Gasteiger partial charge on any atom is 0.433 e. The average Bonchev–Trinajstić information content (AvgIpc) is 2.56. The van der Waals surface area contributed by atoms with E-state index in [1.165, 1.54) is 23.1 Å². The van der Waals surface area contributed by atoms with E-state index in [2.05, 4.69) is 4.98 Å². The predicted molar refractivity (Wildman–Crippen MR) is 92.2 cm³/mol. The molecule has 0 unspecified atom stereocenters. The minimum absolute atomic E-state index is 0.133. The van der Waals surface area contributed by atoms with Crippen molar-refractivity contribution in [3.05, 3.63) is 52.1 Å². The lowest BCUT2D eigenvalue weighted by molar-refractivity contribution is -0.143. The van der Waals surface area contributed by atoms with Gasteiger partial charge in [0.25, 0.3) is 5.91 Å². The number of hydrogen-bond acceptors (Lipinski definition) is 4. The van der Waals surface area contributed by atoms with Crippen LogP contribution in [0.15, 0.2) is 36.4 Å². The highest BCUT2D eigenvalue weighted by atomic mass is 35.5. The van der Waals surface area contributed by atoms with Gasteiger partial charge in [-0.05, 0) is 24.3 Å². The topological polar surface area (TPSA) is 51.7 Å². The third kappa shape index (κ3) is 4.95. The Morgan fingerprint density at radius 2 is 1.96 bits per heavy atom. The van der Waals surface area contributed by atoms with Gasteiger partial charge in [0, 0.05) is 11.1 Å². The Hall–Kier alpha value is -2.19. The molecule has 10 heteroatoms. The number of benzene rings is 1. The molecule has 1 aliphatic rings. The van der Waals surface area contributed by atoms with E-state index < -0.39 is 18.0 Å². The summed E-state index contributed by atoms with van der Waals surface area (Å²) in [5, 5.41) is 0.736. The fraction of sp³-hybridized carbons (Fsp3) is 0.294. The third-order valence-electron chi connectivity index (χ3n) is 3.75. The van der Waals surface area contributed by atoms with E-state index in [0.29, 0.717) is 10.8 Å². The van der Waals surface area contributed by atoms with Crippen molar-refractivity contribution in [2.45, 2.75) is 12.3 Å². The quantitative estimate of drug-likeness (QED) is 0.731. The van der Waals surface area contributed by atoms with Crippen molar-refractivity contribution >= 4 is 29.1 Å². The van der Waals surface area contributed by atoms with E-state index in [-0.39, 0.29) is 36.5 Å². The predicted octanol–water partition coefficient (Wildman–Crippen LogP) is 4.08. The lowest BCUT2D eigenvalue weighted by Gasteiger charge is -2.38. The van der Waals surface area contributed by atoms with Crippen molar-refractivity contribution in [2.75, 3.05) is 19.7 Å². The number of alkyl halides is 3. The van der Waals surface area contributed by atoms with Crippen LogP contribution < -0.4 is 9.47 Å². The molecule has 0 aliphatic carbocycles. The van der Waals surface area contributed by atoms with Gasteiger partial charge in [-0.25, -0.2) is 4.98 Å². The molecule has 1 aliphatic heterocycles. The first kappa shape index (κ1) is 19.6. The normalized spacial score (nSPS) is 14.6. The summed E-state index contributed by atoms with van der Waals surface area (Å²) in [5.41, 5.74) is -1.03. The highest BCUT2D eigenvalue weighted by Gasteiger charge is 2.35. The first-order valence-electron chi connectivity index (χ1n) is 7.79. The molecule has 0 spiro atoms. The fourth-order valence-corrected chi connectivity index (χ4v) is 2.81. The van der Waals surface area contributed by atoms with E-state index in [1.54, 1.807) is 12.1 Å². The second-order valence-corrected chi connectivity index (χ2v) is 6.60. The number of halogens is 5. The molecule has 0 saturated carbocycles. The number of pyridine rings is 1. The minimum Gasteiger partial charge on any atom is -0.482 e. The van der Waals surface area contributed by atoms with Gasteiger partial charge in [0.2, 0.25) is 5.88 Å². The Labute approximate surface area is 162 Å². The molecule has 1 aromatic carbocycles.